The quantitative estimate of drug-likeness (QED) is 0.662. The molecule has 0 amide bonds. The summed E-state index contributed by atoms with van der Waals surface area (Å²) in [6.45, 7) is 0.988. The highest BCUT2D eigenvalue weighted by atomic mass is 35.5. The van der Waals surface area contributed by atoms with Crippen LogP contribution in [0.1, 0.15) is 32.1 Å². The fourth-order valence-corrected chi connectivity index (χ4v) is 3.31. The van der Waals surface area contributed by atoms with Crippen LogP contribution in [0, 0.1) is 10.1 Å². The van der Waals surface area contributed by atoms with E-state index in [1.54, 1.807) is 0 Å². The van der Waals surface area contributed by atoms with Crippen LogP contribution in [0.25, 0.3) is 0 Å². The first-order valence-electron chi connectivity index (χ1n) is 6.89. The van der Waals surface area contributed by atoms with Gasteiger partial charge >= 0.3 is 0 Å². The van der Waals surface area contributed by atoms with Crippen molar-refractivity contribution in [3.05, 3.63) is 27.4 Å². The van der Waals surface area contributed by atoms with Gasteiger partial charge in [0, 0.05) is 17.6 Å². The second-order valence-corrected chi connectivity index (χ2v) is 6.08. The minimum atomic E-state index is -0.490. The SMILES string of the molecule is O=[N+]([O-])c1cnc(NC2CCNC3(CCC3)C2)c(Cl)c1. The number of nitro groups is 1. The fraction of sp³-hybridized carbons (Fsp3) is 0.615. The average molecular weight is 297 g/mol. The molecule has 3 rings (SSSR count). The van der Waals surface area contributed by atoms with E-state index in [-0.39, 0.29) is 5.69 Å². The molecule has 2 N–H and O–H groups in total. The van der Waals surface area contributed by atoms with Gasteiger partial charge in [-0.25, -0.2) is 4.98 Å². The van der Waals surface area contributed by atoms with Crippen molar-refractivity contribution >= 4 is 23.1 Å². The molecule has 1 unspecified atom stereocenters. The van der Waals surface area contributed by atoms with Crippen molar-refractivity contribution in [3.63, 3.8) is 0 Å². The van der Waals surface area contributed by atoms with Crippen molar-refractivity contribution in [1.29, 1.82) is 0 Å². The van der Waals surface area contributed by atoms with Gasteiger partial charge in [-0.2, -0.15) is 0 Å². The molecule has 20 heavy (non-hydrogen) atoms. The summed E-state index contributed by atoms with van der Waals surface area (Å²) in [6, 6.07) is 1.67. The molecule has 0 radical (unpaired) electrons. The van der Waals surface area contributed by atoms with E-state index in [0.29, 0.717) is 22.4 Å². The van der Waals surface area contributed by atoms with Crippen molar-refractivity contribution in [2.24, 2.45) is 0 Å². The number of nitrogens with one attached hydrogen (secondary N) is 2. The third kappa shape index (κ3) is 2.58. The van der Waals surface area contributed by atoms with E-state index in [1.165, 1.54) is 31.5 Å². The Labute approximate surface area is 122 Å². The molecule has 1 aromatic rings. The van der Waals surface area contributed by atoms with Crippen LogP contribution in [-0.4, -0.2) is 28.0 Å². The minimum Gasteiger partial charge on any atom is -0.366 e. The maximum Gasteiger partial charge on any atom is 0.289 e. The molecule has 1 aliphatic heterocycles. The van der Waals surface area contributed by atoms with Gasteiger partial charge in [-0.15, -0.1) is 0 Å². The maximum atomic E-state index is 10.7. The molecule has 108 valence electrons. The van der Waals surface area contributed by atoms with Gasteiger partial charge in [-0.1, -0.05) is 11.6 Å². The van der Waals surface area contributed by atoms with Crippen molar-refractivity contribution in [2.75, 3.05) is 11.9 Å². The van der Waals surface area contributed by atoms with Crippen molar-refractivity contribution in [3.8, 4) is 0 Å². The van der Waals surface area contributed by atoms with E-state index in [2.05, 4.69) is 15.6 Å². The zero-order valence-corrected chi connectivity index (χ0v) is 11.8. The predicted octanol–water partition coefficient (Wildman–Crippen LogP) is 2.73. The zero-order valence-electron chi connectivity index (χ0n) is 11.1. The molecule has 1 aromatic heterocycles. The van der Waals surface area contributed by atoms with Gasteiger partial charge in [-0.3, -0.25) is 10.1 Å². The van der Waals surface area contributed by atoms with Crippen LogP contribution in [-0.2, 0) is 0 Å². The number of hydrogen-bond donors (Lipinski definition) is 2. The zero-order chi connectivity index (χ0) is 14.2. The Morgan fingerprint density at radius 2 is 2.35 bits per heavy atom. The number of piperidine rings is 1. The van der Waals surface area contributed by atoms with E-state index in [0.717, 1.165) is 19.4 Å². The highest BCUT2D eigenvalue weighted by Gasteiger charge is 2.41. The van der Waals surface area contributed by atoms with Crippen LogP contribution >= 0.6 is 11.6 Å². The Hall–Kier alpha value is -1.40. The molecule has 2 fully saturated rings. The first kappa shape index (κ1) is 13.6. The number of nitrogens with zero attached hydrogens (tertiary/aromatic N) is 2. The first-order chi connectivity index (χ1) is 9.58. The van der Waals surface area contributed by atoms with E-state index in [9.17, 15) is 10.1 Å². The van der Waals surface area contributed by atoms with Crippen LogP contribution < -0.4 is 10.6 Å². The van der Waals surface area contributed by atoms with Gasteiger partial charge < -0.3 is 10.6 Å². The predicted molar refractivity (Wildman–Crippen MR) is 77.1 cm³/mol. The average Bonchev–Trinajstić information content (AvgIpc) is 2.39. The molecule has 1 atom stereocenters. The van der Waals surface area contributed by atoms with E-state index in [1.807, 2.05) is 0 Å². The van der Waals surface area contributed by atoms with Crippen LogP contribution in [0.4, 0.5) is 11.5 Å². The van der Waals surface area contributed by atoms with Crippen LogP contribution in [0.5, 0.6) is 0 Å². The first-order valence-corrected chi connectivity index (χ1v) is 7.27. The Morgan fingerprint density at radius 1 is 1.55 bits per heavy atom. The van der Waals surface area contributed by atoms with Crippen molar-refractivity contribution < 1.29 is 4.92 Å². The van der Waals surface area contributed by atoms with E-state index >= 15 is 0 Å². The third-order valence-electron chi connectivity index (χ3n) is 4.32. The van der Waals surface area contributed by atoms with E-state index in [4.69, 9.17) is 11.6 Å². The summed E-state index contributed by atoms with van der Waals surface area (Å²) in [5, 5.41) is 17.9. The lowest BCUT2D eigenvalue weighted by Gasteiger charge is -2.48. The topological polar surface area (TPSA) is 80.1 Å². The smallest absolute Gasteiger partial charge is 0.289 e. The number of halogens is 1. The molecule has 2 aliphatic rings. The van der Waals surface area contributed by atoms with Gasteiger partial charge in [-0.05, 0) is 38.6 Å². The van der Waals surface area contributed by atoms with Crippen molar-refractivity contribution in [1.82, 2.24) is 10.3 Å². The third-order valence-corrected chi connectivity index (χ3v) is 4.61. The van der Waals surface area contributed by atoms with Gasteiger partial charge in [0.05, 0.1) is 9.95 Å². The molecule has 1 spiro atoms. The van der Waals surface area contributed by atoms with Gasteiger partial charge in [0.25, 0.3) is 5.69 Å². The van der Waals surface area contributed by atoms with Crippen LogP contribution in [0.2, 0.25) is 5.02 Å². The Balaban J connectivity index is 1.69. The van der Waals surface area contributed by atoms with Crippen LogP contribution in [0.3, 0.4) is 0 Å². The number of hydrogen-bond acceptors (Lipinski definition) is 5. The number of anilines is 1. The number of aromatic nitrogens is 1. The lowest BCUT2D eigenvalue weighted by atomic mass is 9.70. The second kappa shape index (κ2) is 5.18. The molecule has 6 nitrogen and oxygen atoms in total. The molecule has 1 saturated heterocycles. The van der Waals surface area contributed by atoms with E-state index < -0.39 is 4.92 Å². The molecular weight excluding hydrogens is 280 g/mol. The van der Waals surface area contributed by atoms with Crippen LogP contribution in [0.15, 0.2) is 12.3 Å². The summed E-state index contributed by atoms with van der Waals surface area (Å²) >= 11 is 6.07. The summed E-state index contributed by atoms with van der Waals surface area (Å²) in [7, 11) is 0. The Morgan fingerprint density at radius 3 is 2.95 bits per heavy atom. The largest absolute Gasteiger partial charge is 0.366 e. The molecule has 1 aliphatic carbocycles. The lowest BCUT2D eigenvalue weighted by molar-refractivity contribution is -0.385. The van der Waals surface area contributed by atoms with Gasteiger partial charge in [0.2, 0.25) is 0 Å². The molecule has 2 heterocycles. The summed E-state index contributed by atoms with van der Waals surface area (Å²) in [6.07, 6.45) is 7.06. The monoisotopic (exact) mass is 296 g/mol. The molecule has 1 saturated carbocycles. The molecular formula is C13H17ClN4O2. The summed E-state index contributed by atoms with van der Waals surface area (Å²) in [4.78, 5) is 14.3. The minimum absolute atomic E-state index is 0.0821. The number of rotatable bonds is 3. The fourth-order valence-electron chi connectivity index (χ4n) is 3.09. The maximum absolute atomic E-state index is 10.7. The lowest BCUT2D eigenvalue weighted by Crippen LogP contribution is -2.58. The standard InChI is InChI=1S/C13H17ClN4O2/c14-11-6-10(18(19)20)8-15-12(11)17-9-2-5-16-13(7-9)3-1-4-13/h6,8-9,16H,1-5,7H2,(H,15,17). The Bertz CT molecular complexity index is 533. The molecule has 7 heteroatoms. The summed E-state index contributed by atoms with van der Waals surface area (Å²) < 4.78 is 0. The summed E-state index contributed by atoms with van der Waals surface area (Å²) in [5.41, 5.74) is 0.213. The highest BCUT2D eigenvalue weighted by Crippen LogP contribution is 2.39. The summed E-state index contributed by atoms with van der Waals surface area (Å²) in [5.74, 6) is 0.540. The Kier molecular flexibility index (Phi) is 3.52. The van der Waals surface area contributed by atoms with Gasteiger partial charge in [0.15, 0.2) is 0 Å². The second-order valence-electron chi connectivity index (χ2n) is 5.68. The van der Waals surface area contributed by atoms with Crippen molar-refractivity contribution in [2.45, 2.75) is 43.7 Å². The number of pyridine rings is 1. The van der Waals surface area contributed by atoms with Gasteiger partial charge in [0.1, 0.15) is 12.0 Å². The normalized spacial score (nSPS) is 24.1. The highest BCUT2D eigenvalue weighted by molar-refractivity contribution is 6.33. The molecule has 0 aromatic carbocycles. The molecule has 0 bridgehead atoms.